The first-order valence-corrected chi connectivity index (χ1v) is 9.76. The van der Waals surface area contributed by atoms with Crippen LogP contribution in [0.5, 0.6) is 0 Å². The van der Waals surface area contributed by atoms with Crippen LogP contribution in [0.3, 0.4) is 0 Å². The number of carboxylic acids is 1. The number of aromatic nitrogens is 3. The number of anilines is 1. The van der Waals surface area contributed by atoms with E-state index in [-0.39, 0.29) is 0 Å². The van der Waals surface area contributed by atoms with E-state index in [0.29, 0.717) is 5.41 Å². The Kier molecular flexibility index (Phi) is 6.55. The van der Waals surface area contributed by atoms with Gasteiger partial charge in [0.2, 0.25) is 0 Å². The van der Waals surface area contributed by atoms with Gasteiger partial charge in [-0.1, -0.05) is 6.92 Å². The molecule has 162 valence electrons. The molecule has 0 aliphatic carbocycles. The summed E-state index contributed by atoms with van der Waals surface area (Å²) in [5, 5.41) is 10.6. The molecule has 2 N–H and O–H groups in total. The molecule has 2 aromatic rings. The molecule has 7 nitrogen and oxygen atoms in total. The molecule has 2 aliphatic heterocycles. The second-order valence-corrected chi connectivity index (χ2v) is 7.52. The van der Waals surface area contributed by atoms with E-state index in [2.05, 4.69) is 28.2 Å². The van der Waals surface area contributed by atoms with Gasteiger partial charge in [0, 0.05) is 55.9 Å². The predicted molar refractivity (Wildman–Crippen MR) is 105 cm³/mol. The number of nitrogens with one attached hydrogen (secondary N) is 1. The molecule has 0 radical (unpaired) electrons. The Morgan fingerprint density at radius 3 is 2.27 bits per heavy atom. The van der Waals surface area contributed by atoms with Crippen LogP contribution in [0.25, 0.3) is 11.4 Å². The SMILES string of the molecule is CCc1cc(N2CCC3(CC2)CNC3)nc(-c2ccncc2)n1.O=C(O)C(F)(F)F. The highest BCUT2D eigenvalue weighted by atomic mass is 19.4. The number of rotatable bonds is 3. The number of halogens is 3. The normalized spacial score (nSPS) is 17.7. The van der Waals surface area contributed by atoms with Crippen molar-refractivity contribution in [3.63, 3.8) is 0 Å². The lowest BCUT2D eigenvalue weighted by atomic mass is 9.73. The quantitative estimate of drug-likeness (QED) is 0.784. The van der Waals surface area contributed by atoms with E-state index in [1.165, 1.54) is 25.9 Å². The van der Waals surface area contributed by atoms with Gasteiger partial charge in [0.25, 0.3) is 0 Å². The number of aryl methyl sites for hydroxylation is 1. The van der Waals surface area contributed by atoms with Gasteiger partial charge in [-0.3, -0.25) is 4.98 Å². The molecule has 4 rings (SSSR count). The lowest BCUT2D eigenvalue weighted by Crippen LogP contribution is -2.58. The Morgan fingerprint density at radius 1 is 1.20 bits per heavy atom. The molecule has 2 fully saturated rings. The molecule has 30 heavy (non-hydrogen) atoms. The van der Waals surface area contributed by atoms with Gasteiger partial charge in [0.1, 0.15) is 5.82 Å². The van der Waals surface area contributed by atoms with Crippen LogP contribution in [0.2, 0.25) is 0 Å². The van der Waals surface area contributed by atoms with Gasteiger partial charge in [0.05, 0.1) is 0 Å². The van der Waals surface area contributed by atoms with E-state index in [1.807, 2.05) is 12.1 Å². The van der Waals surface area contributed by atoms with Gasteiger partial charge < -0.3 is 15.3 Å². The Labute approximate surface area is 172 Å². The Hall–Kier alpha value is -2.75. The number of aliphatic carboxylic acids is 1. The van der Waals surface area contributed by atoms with Crippen molar-refractivity contribution in [3.8, 4) is 11.4 Å². The minimum absolute atomic E-state index is 0.561. The standard InChI is InChI=1S/C18H23N5.C2HF3O2/c1-2-15-11-16(22-17(21-15)14-3-7-19-8-4-14)23-9-5-18(6-10-23)12-20-13-18;3-2(4,5)1(6)7/h3-4,7-8,11,20H,2,5-6,9-10,12-13H2,1H3;(H,6,7). The molecule has 0 saturated carbocycles. The van der Waals surface area contributed by atoms with Crippen molar-refractivity contribution in [1.82, 2.24) is 20.3 Å². The molecule has 0 unspecified atom stereocenters. The van der Waals surface area contributed by atoms with Crippen LogP contribution >= 0.6 is 0 Å². The number of nitrogens with zero attached hydrogens (tertiary/aromatic N) is 4. The van der Waals surface area contributed by atoms with E-state index in [0.717, 1.165) is 42.4 Å². The second-order valence-electron chi connectivity index (χ2n) is 7.52. The van der Waals surface area contributed by atoms with Gasteiger partial charge in [-0.25, -0.2) is 14.8 Å². The third-order valence-corrected chi connectivity index (χ3v) is 5.46. The Morgan fingerprint density at radius 2 is 1.80 bits per heavy atom. The number of pyridine rings is 1. The summed E-state index contributed by atoms with van der Waals surface area (Å²) in [6.45, 7) is 6.71. The zero-order valence-electron chi connectivity index (χ0n) is 16.6. The summed E-state index contributed by atoms with van der Waals surface area (Å²) in [4.78, 5) is 24.9. The van der Waals surface area contributed by atoms with Crippen LogP contribution < -0.4 is 10.2 Å². The second kappa shape index (κ2) is 8.95. The van der Waals surface area contributed by atoms with Crippen molar-refractivity contribution in [1.29, 1.82) is 0 Å². The molecule has 2 aromatic heterocycles. The molecule has 0 atom stereocenters. The van der Waals surface area contributed by atoms with Crippen molar-refractivity contribution in [2.24, 2.45) is 5.41 Å². The molecule has 0 bridgehead atoms. The van der Waals surface area contributed by atoms with Crippen molar-refractivity contribution < 1.29 is 23.1 Å². The number of alkyl halides is 3. The van der Waals surface area contributed by atoms with Crippen LogP contribution in [0, 0.1) is 5.41 Å². The highest BCUT2D eigenvalue weighted by Crippen LogP contribution is 2.36. The molecule has 0 amide bonds. The van der Waals surface area contributed by atoms with Crippen molar-refractivity contribution >= 4 is 11.8 Å². The monoisotopic (exact) mass is 423 g/mol. The summed E-state index contributed by atoms with van der Waals surface area (Å²) in [6.07, 6.45) is 1.96. The fourth-order valence-electron chi connectivity index (χ4n) is 3.50. The minimum atomic E-state index is -5.08. The maximum absolute atomic E-state index is 10.6. The fraction of sp³-hybridized carbons (Fsp3) is 0.500. The average molecular weight is 423 g/mol. The van der Waals surface area contributed by atoms with Crippen LogP contribution in [-0.4, -0.2) is 58.4 Å². The van der Waals surface area contributed by atoms with Crippen molar-refractivity contribution in [3.05, 3.63) is 36.3 Å². The molecule has 2 aliphatic rings. The van der Waals surface area contributed by atoms with E-state index < -0.39 is 12.1 Å². The first-order chi connectivity index (χ1) is 14.2. The fourth-order valence-corrected chi connectivity index (χ4v) is 3.50. The topological polar surface area (TPSA) is 91.2 Å². The third kappa shape index (κ3) is 5.24. The molecular weight excluding hydrogens is 399 g/mol. The maximum Gasteiger partial charge on any atom is 0.490 e. The summed E-state index contributed by atoms with van der Waals surface area (Å²) < 4.78 is 31.7. The van der Waals surface area contributed by atoms with Crippen LogP contribution in [-0.2, 0) is 11.2 Å². The summed E-state index contributed by atoms with van der Waals surface area (Å²) in [7, 11) is 0. The summed E-state index contributed by atoms with van der Waals surface area (Å²) in [6, 6.07) is 6.11. The van der Waals surface area contributed by atoms with E-state index in [1.54, 1.807) is 12.4 Å². The van der Waals surface area contributed by atoms with Gasteiger partial charge in [-0.2, -0.15) is 13.2 Å². The lowest BCUT2D eigenvalue weighted by molar-refractivity contribution is -0.192. The van der Waals surface area contributed by atoms with Gasteiger partial charge in [-0.05, 0) is 36.8 Å². The van der Waals surface area contributed by atoms with Gasteiger partial charge >= 0.3 is 12.1 Å². The predicted octanol–water partition coefficient (Wildman–Crippen LogP) is 2.92. The molecule has 4 heterocycles. The number of hydrogen-bond donors (Lipinski definition) is 2. The van der Waals surface area contributed by atoms with E-state index in [4.69, 9.17) is 19.9 Å². The Balaban J connectivity index is 0.000000318. The maximum atomic E-state index is 10.6. The van der Waals surface area contributed by atoms with E-state index in [9.17, 15) is 13.2 Å². The van der Waals surface area contributed by atoms with Crippen molar-refractivity contribution in [2.45, 2.75) is 32.4 Å². The van der Waals surface area contributed by atoms with Crippen LogP contribution in [0.15, 0.2) is 30.6 Å². The first-order valence-electron chi connectivity index (χ1n) is 9.76. The highest BCUT2D eigenvalue weighted by molar-refractivity contribution is 5.73. The third-order valence-electron chi connectivity index (χ3n) is 5.46. The number of piperidine rings is 1. The average Bonchev–Trinajstić information content (AvgIpc) is 2.73. The van der Waals surface area contributed by atoms with E-state index >= 15 is 0 Å². The minimum Gasteiger partial charge on any atom is -0.475 e. The highest BCUT2D eigenvalue weighted by Gasteiger charge is 2.40. The summed E-state index contributed by atoms with van der Waals surface area (Å²) in [5.74, 6) is -0.870. The number of carboxylic acid groups (broad SMARTS) is 1. The summed E-state index contributed by atoms with van der Waals surface area (Å²) in [5.41, 5.74) is 2.70. The first kappa shape index (κ1) is 21.9. The lowest BCUT2D eigenvalue weighted by Gasteiger charge is -2.48. The van der Waals surface area contributed by atoms with Gasteiger partial charge in [-0.15, -0.1) is 0 Å². The van der Waals surface area contributed by atoms with Crippen LogP contribution in [0.1, 0.15) is 25.5 Å². The van der Waals surface area contributed by atoms with Crippen molar-refractivity contribution in [2.75, 3.05) is 31.1 Å². The molecule has 1 spiro atoms. The number of hydrogen-bond acceptors (Lipinski definition) is 6. The van der Waals surface area contributed by atoms with Gasteiger partial charge in [0.15, 0.2) is 5.82 Å². The summed E-state index contributed by atoms with van der Waals surface area (Å²) >= 11 is 0. The molecule has 2 saturated heterocycles. The molecule has 0 aromatic carbocycles. The molecule has 10 heteroatoms. The van der Waals surface area contributed by atoms with Crippen LogP contribution in [0.4, 0.5) is 19.0 Å². The molecular formula is C20H24F3N5O2. The largest absolute Gasteiger partial charge is 0.490 e. The smallest absolute Gasteiger partial charge is 0.475 e. The zero-order chi connectivity index (χ0) is 21.8. The number of carbonyl (C=O) groups is 1. The zero-order valence-corrected chi connectivity index (χ0v) is 16.6. The Bertz CT molecular complexity index is 862.